The summed E-state index contributed by atoms with van der Waals surface area (Å²) in [5.41, 5.74) is -11.3. The molecule has 1 aliphatic carbocycles. The van der Waals surface area contributed by atoms with Crippen molar-refractivity contribution in [3.8, 4) is 0 Å². The summed E-state index contributed by atoms with van der Waals surface area (Å²) in [6.07, 6.45) is -14.8. The van der Waals surface area contributed by atoms with Crippen molar-refractivity contribution in [1.82, 2.24) is 4.90 Å². The normalized spacial score (nSPS) is 27.4. The van der Waals surface area contributed by atoms with Gasteiger partial charge in [0.05, 0.1) is 16.9 Å². The van der Waals surface area contributed by atoms with Crippen molar-refractivity contribution in [3.05, 3.63) is 59.4 Å². The molecule has 7 nitrogen and oxygen atoms in total. The Morgan fingerprint density at radius 3 is 2.11 bits per heavy atom. The van der Waals surface area contributed by atoms with Crippen LogP contribution in [-0.4, -0.2) is 67.5 Å². The second kappa shape index (κ2) is 10.5. The first-order valence-electron chi connectivity index (χ1n) is 13.6. The van der Waals surface area contributed by atoms with Gasteiger partial charge in [0.1, 0.15) is 10.6 Å². The fraction of sp³-hybridized carbons (Fsp3) is 0.500. The van der Waals surface area contributed by atoms with Crippen molar-refractivity contribution in [2.24, 2.45) is 5.92 Å². The number of rotatable bonds is 5. The maximum Gasteiger partial charge on any atom is 0.435 e. The number of alkyl halides is 8. The van der Waals surface area contributed by atoms with Crippen molar-refractivity contribution in [3.63, 3.8) is 0 Å². The van der Waals surface area contributed by atoms with Crippen LogP contribution in [0.4, 0.5) is 45.2 Å². The van der Waals surface area contributed by atoms with Gasteiger partial charge in [-0.15, -0.1) is 0 Å². The molecule has 45 heavy (non-hydrogen) atoms. The van der Waals surface area contributed by atoms with Crippen LogP contribution in [0.2, 0.25) is 0 Å². The lowest BCUT2D eigenvalue weighted by molar-refractivity contribution is -0.348. The van der Waals surface area contributed by atoms with Crippen molar-refractivity contribution in [2.45, 2.75) is 71.5 Å². The number of benzene rings is 2. The Morgan fingerprint density at radius 2 is 1.56 bits per heavy atom. The van der Waals surface area contributed by atoms with Crippen LogP contribution in [-0.2, 0) is 29.8 Å². The summed E-state index contributed by atoms with van der Waals surface area (Å²) in [4.78, 5) is 25.3. The Kier molecular flexibility index (Phi) is 7.69. The number of amides is 1. The van der Waals surface area contributed by atoms with Crippen molar-refractivity contribution in [2.75, 3.05) is 18.4 Å². The largest absolute Gasteiger partial charge is 0.481 e. The van der Waals surface area contributed by atoms with E-state index in [1.807, 2.05) is 0 Å². The Labute approximate surface area is 250 Å². The van der Waals surface area contributed by atoms with E-state index in [9.17, 15) is 58.2 Å². The van der Waals surface area contributed by atoms with Crippen LogP contribution >= 0.6 is 0 Å². The zero-order valence-corrected chi connectivity index (χ0v) is 23.8. The molecule has 2 N–H and O–H groups in total. The highest BCUT2D eigenvalue weighted by molar-refractivity contribution is 7.92. The van der Waals surface area contributed by atoms with Gasteiger partial charge in [-0.1, -0.05) is 18.2 Å². The summed E-state index contributed by atoms with van der Waals surface area (Å²) in [5.74, 6) is -4.23. The molecule has 2 heterocycles. The van der Waals surface area contributed by atoms with Crippen LogP contribution in [0.25, 0.3) is 0 Å². The van der Waals surface area contributed by atoms with E-state index in [2.05, 4.69) is 5.32 Å². The molecule has 0 aromatic heterocycles. The second-order valence-corrected chi connectivity index (χ2v) is 13.7. The molecule has 2 aliphatic heterocycles. The number of halogens is 9. The molecule has 5 rings (SSSR count). The van der Waals surface area contributed by atoms with E-state index >= 15 is 4.39 Å². The fourth-order valence-electron chi connectivity index (χ4n) is 6.76. The summed E-state index contributed by atoms with van der Waals surface area (Å²) in [6, 6.07) is 3.07. The first-order chi connectivity index (χ1) is 20.7. The molecule has 2 aromatic rings. The molecule has 1 saturated heterocycles. The molecule has 0 spiro atoms. The minimum atomic E-state index is -6.45. The van der Waals surface area contributed by atoms with E-state index in [0.29, 0.717) is 12.1 Å². The minimum absolute atomic E-state index is 0.154. The molecule has 3 aliphatic rings. The third kappa shape index (κ3) is 4.83. The standard InChI is InChI=1S/C28H25F9N2O5S/c29-17-2-1-3-18(13-17)45(43,44)25-10-11-39(23(42)24(30)8-6-15(7-9-24)22(40)41)21(25)14-38-20-12-16(4-5-19(20)25)26(31,27(32,33)34)28(35,36)37/h1-5,12-13,15,21,38H,6-11,14H2,(H,40,41). The topological polar surface area (TPSA) is 104 Å². The summed E-state index contributed by atoms with van der Waals surface area (Å²) in [5, 5.41) is 11.7. The number of nitrogens with zero attached hydrogens (tertiary/aromatic N) is 1. The summed E-state index contributed by atoms with van der Waals surface area (Å²) in [6.45, 7) is -1.06. The van der Waals surface area contributed by atoms with Crippen LogP contribution in [0.5, 0.6) is 0 Å². The molecule has 17 heteroatoms. The Balaban J connectivity index is 1.65. The van der Waals surface area contributed by atoms with Crippen LogP contribution in [0.1, 0.15) is 43.2 Å². The van der Waals surface area contributed by atoms with Crippen LogP contribution in [0.3, 0.4) is 0 Å². The Bertz CT molecular complexity index is 1620. The van der Waals surface area contributed by atoms with Gasteiger partial charge in [-0.2, -0.15) is 26.3 Å². The number of hydrogen-bond donors (Lipinski definition) is 2. The predicted molar refractivity (Wildman–Crippen MR) is 139 cm³/mol. The molecule has 1 saturated carbocycles. The highest BCUT2D eigenvalue weighted by atomic mass is 32.2. The molecule has 2 atom stereocenters. The number of fused-ring (bicyclic) bond motifs is 3. The lowest BCUT2D eigenvalue weighted by Crippen LogP contribution is -2.59. The number of carbonyl (C=O) groups is 2. The van der Waals surface area contributed by atoms with Crippen molar-refractivity contribution < 1.29 is 62.6 Å². The van der Waals surface area contributed by atoms with Gasteiger partial charge in [0.2, 0.25) is 0 Å². The summed E-state index contributed by atoms with van der Waals surface area (Å²) < 4.78 is 153. The maximum absolute atomic E-state index is 16.1. The average molecular weight is 673 g/mol. The average Bonchev–Trinajstić information content (AvgIpc) is 3.36. The van der Waals surface area contributed by atoms with Crippen molar-refractivity contribution >= 4 is 27.4 Å². The Hall–Kier alpha value is -3.50. The van der Waals surface area contributed by atoms with Crippen LogP contribution in [0, 0.1) is 11.7 Å². The summed E-state index contributed by atoms with van der Waals surface area (Å²) in [7, 11) is -4.85. The molecule has 246 valence electrons. The van der Waals surface area contributed by atoms with E-state index in [0.717, 1.165) is 23.1 Å². The number of nitrogens with one attached hydrogen (secondary N) is 1. The highest BCUT2D eigenvalue weighted by Crippen LogP contribution is 2.57. The quantitative estimate of drug-likeness (QED) is 0.390. The number of sulfone groups is 1. The number of hydrogen-bond acceptors (Lipinski definition) is 5. The zero-order valence-electron chi connectivity index (χ0n) is 23.0. The van der Waals surface area contributed by atoms with Gasteiger partial charge in [-0.05, 0) is 61.9 Å². The van der Waals surface area contributed by atoms with Crippen molar-refractivity contribution in [1.29, 1.82) is 0 Å². The molecule has 2 fully saturated rings. The molecular weight excluding hydrogens is 647 g/mol. The minimum Gasteiger partial charge on any atom is -0.481 e. The molecular formula is C28H25F9N2O5S. The van der Waals surface area contributed by atoms with Gasteiger partial charge < -0.3 is 15.3 Å². The van der Waals surface area contributed by atoms with E-state index in [1.165, 1.54) is 0 Å². The first-order valence-corrected chi connectivity index (χ1v) is 15.1. The second-order valence-electron chi connectivity index (χ2n) is 11.5. The third-order valence-corrected chi connectivity index (χ3v) is 11.7. The predicted octanol–water partition coefficient (Wildman–Crippen LogP) is 5.79. The zero-order chi connectivity index (χ0) is 33.4. The molecule has 1 amide bonds. The molecule has 2 unspecified atom stereocenters. The Morgan fingerprint density at radius 1 is 0.933 bits per heavy atom. The van der Waals surface area contributed by atoms with E-state index in [1.54, 1.807) is 0 Å². The van der Waals surface area contributed by atoms with Gasteiger partial charge in [0.15, 0.2) is 15.5 Å². The lowest BCUT2D eigenvalue weighted by atomic mass is 9.78. The third-order valence-electron chi connectivity index (χ3n) is 9.14. The van der Waals surface area contributed by atoms with E-state index in [-0.39, 0.29) is 25.0 Å². The SMILES string of the molecule is O=C(O)C1CCC(F)(C(=O)N2CCC3(S(=O)(=O)c4cccc(F)c4)c4ccc(C(F)(C(F)(F)F)C(F)(F)F)cc4NCC23)CC1. The number of likely N-dealkylation sites (tertiary alicyclic amines) is 1. The van der Waals surface area contributed by atoms with Gasteiger partial charge in [0.25, 0.3) is 5.91 Å². The van der Waals surface area contributed by atoms with Gasteiger partial charge in [0, 0.05) is 24.3 Å². The van der Waals surface area contributed by atoms with Crippen LogP contribution < -0.4 is 5.32 Å². The van der Waals surface area contributed by atoms with E-state index in [4.69, 9.17) is 0 Å². The number of anilines is 1. The van der Waals surface area contributed by atoms with E-state index < -0.39 is 122 Å². The number of aliphatic carboxylic acids is 1. The maximum atomic E-state index is 16.1. The number of carboxylic acid groups (broad SMARTS) is 1. The van der Waals surface area contributed by atoms with Gasteiger partial charge in [-0.25, -0.2) is 21.6 Å². The highest BCUT2D eigenvalue weighted by Gasteiger charge is 2.74. The molecule has 0 radical (unpaired) electrons. The molecule has 2 aromatic carbocycles. The lowest BCUT2D eigenvalue weighted by Gasteiger charge is -2.44. The smallest absolute Gasteiger partial charge is 0.435 e. The summed E-state index contributed by atoms with van der Waals surface area (Å²) >= 11 is 0. The van der Waals surface area contributed by atoms with Gasteiger partial charge in [-0.3, -0.25) is 9.59 Å². The molecule has 0 bridgehead atoms. The monoisotopic (exact) mass is 672 g/mol. The number of carbonyl (C=O) groups excluding carboxylic acids is 1. The van der Waals surface area contributed by atoms with Gasteiger partial charge >= 0.3 is 24.0 Å². The first kappa shape index (κ1) is 32.9. The fourth-order valence-corrected chi connectivity index (χ4v) is 9.10. The number of carboxylic acids is 1. The van der Waals surface area contributed by atoms with Crippen LogP contribution in [0.15, 0.2) is 47.4 Å².